The van der Waals surface area contributed by atoms with Crippen molar-refractivity contribution in [2.45, 2.75) is 39.5 Å². The Labute approximate surface area is 148 Å². The van der Waals surface area contributed by atoms with Crippen LogP contribution in [-0.2, 0) is 13.1 Å². The second-order valence-corrected chi connectivity index (χ2v) is 6.39. The fraction of sp³-hybridized carbons (Fsp3) is 0.350. The Bertz CT molecular complexity index is 840. The molecule has 132 valence electrons. The highest BCUT2D eigenvalue weighted by molar-refractivity contribution is 5.73. The average Bonchev–Trinajstić information content (AvgIpc) is 2.88. The molecule has 0 aliphatic heterocycles. The lowest BCUT2D eigenvalue weighted by Gasteiger charge is -2.12. The zero-order valence-electron chi connectivity index (χ0n) is 14.9. The number of benzene rings is 2. The van der Waals surface area contributed by atoms with Gasteiger partial charge in [0.25, 0.3) is 0 Å². The summed E-state index contributed by atoms with van der Waals surface area (Å²) in [5, 5.41) is 10.4. The summed E-state index contributed by atoms with van der Waals surface area (Å²) in [6.07, 6.45) is 0.358. The Kier molecular flexibility index (Phi) is 5.24. The summed E-state index contributed by atoms with van der Waals surface area (Å²) in [5.41, 5.74) is 9.65. The summed E-state index contributed by atoms with van der Waals surface area (Å²) in [5.74, 6) is 1.42. The first-order valence-corrected chi connectivity index (χ1v) is 8.74. The van der Waals surface area contributed by atoms with Gasteiger partial charge in [0.1, 0.15) is 36.0 Å². The van der Waals surface area contributed by atoms with Crippen LogP contribution in [0, 0.1) is 6.92 Å². The van der Waals surface area contributed by atoms with Crippen molar-refractivity contribution in [1.29, 1.82) is 0 Å². The van der Waals surface area contributed by atoms with Crippen LogP contribution in [0.3, 0.4) is 0 Å². The molecule has 3 rings (SSSR count). The van der Waals surface area contributed by atoms with Crippen molar-refractivity contribution in [3.8, 4) is 5.75 Å². The number of nitrogens with zero attached hydrogens (tertiary/aromatic N) is 2. The maximum atomic E-state index is 10.4. The molecular weight excluding hydrogens is 314 g/mol. The molecule has 0 radical (unpaired) electrons. The van der Waals surface area contributed by atoms with Crippen LogP contribution in [0.1, 0.15) is 18.9 Å². The summed E-state index contributed by atoms with van der Waals surface area (Å²) < 4.78 is 9.76. The fourth-order valence-electron chi connectivity index (χ4n) is 3.05. The van der Waals surface area contributed by atoms with Crippen molar-refractivity contribution in [2.24, 2.45) is 0 Å². The zero-order chi connectivity index (χ0) is 17.8. The third-order valence-electron chi connectivity index (χ3n) is 4.32. The predicted octanol–water partition coefficient (Wildman–Crippen LogP) is 2.67. The lowest BCUT2D eigenvalue weighted by molar-refractivity contribution is -0.665. The van der Waals surface area contributed by atoms with Gasteiger partial charge in [-0.15, -0.1) is 0 Å². The van der Waals surface area contributed by atoms with Crippen molar-refractivity contribution < 1.29 is 14.4 Å². The van der Waals surface area contributed by atoms with Crippen LogP contribution in [0.5, 0.6) is 5.75 Å². The molecule has 0 aliphatic rings. The normalized spacial score (nSPS) is 12.4. The molecule has 0 saturated heterocycles. The number of rotatable bonds is 7. The molecule has 0 bridgehead atoms. The quantitative estimate of drug-likeness (QED) is 0.650. The lowest BCUT2D eigenvalue weighted by Crippen LogP contribution is -2.43. The van der Waals surface area contributed by atoms with Gasteiger partial charge in [-0.3, -0.25) is 5.73 Å². The lowest BCUT2D eigenvalue weighted by atomic mass is 10.2. The Hall–Kier alpha value is -2.53. The number of para-hydroxylation sites is 2. The van der Waals surface area contributed by atoms with Gasteiger partial charge in [0.15, 0.2) is 0 Å². The number of hydrogen-bond donors (Lipinski definition) is 2. The zero-order valence-corrected chi connectivity index (χ0v) is 14.9. The van der Waals surface area contributed by atoms with Crippen molar-refractivity contribution in [3.05, 3.63) is 54.1 Å². The van der Waals surface area contributed by atoms with Crippen molar-refractivity contribution >= 4 is 17.0 Å². The summed E-state index contributed by atoms with van der Waals surface area (Å²) in [7, 11) is 0. The van der Waals surface area contributed by atoms with E-state index < -0.39 is 6.10 Å². The Morgan fingerprint density at radius 2 is 1.88 bits per heavy atom. The van der Waals surface area contributed by atoms with Crippen LogP contribution < -0.4 is 15.0 Å². The molecule has 0 amide bonds. The third-order valence-corrected chi connectivity index (χ3v) is 4.32. The smallest absolute Gasteiger partial charge is 0.356 e. The Morgan fingerprint density at radius 3 is 2.60 bits per heavy atom. The van der Waals surface area contributed by atoms with Crippen LogP contribution in [0.2, 0.25) is 0 Å². The SMILES string of the molecule is CCCn1c(N)[n+](CC(O)COc2ccc(C)cc2)c2ccccc21. The topological polar surface area (TPSA) is 64.3 Å². The molecule has 1 aromatic heterocycles. The number of ether oxygens (including phenoxy) is 1. The van der Waals surface area contributed by atoms with Gasteiger partial charge in [0, 0.05) is 0 Å². The first-order chi connectivity index (χ1) is 12.1. The number of aliphatic hydroxyl groups is 1. The number of fused-ring (bicyclic) bond motifs is 1. The molecule has 5 nitrogen and oxygen atoms in total. The molecule has 0 aliphatic carbocycles. The van der Waals surface area contributed by atoms with E-state index in [1.54, 1.807) is 0 Å². The van der Waals surface area contributed by atoms with E-state index in [4.69, 9.17) is 10.5 Å². The van der Waals surface area contributed by atoms with Crippen molar-refractivity contribution in [3.63, 3.8) is 0 Å². The number of aromatic nitrogens is 2. The molecule has 3 N–H and O–H groups in total. The largest absolute Gasteiger partial charge is 0.491 e. The molecule has 25 heavy (non-hydrogen) atoms. The summed E-state index contributed by atoms with van der Waals surface area (Å²) >= 11 is 0. The van der Waals surface area contributed by atoms with Gasteiger partial charge in [-0.2, -0.15) is 0 Å². The number of aryl methyl sites for hydroxylation is 2. The number of anilines is 1. The van der Waals surface area contributed by atoms with E-state index in [2.05, 4.69) is 17.6 Å². The molecule has 3 aromatic rings. The van der Waals surface area contributed by atoms with Crippen LogP contribution in [0.4, 0.5) is 5.95 Å². The van der Waals surface area contributed by atoms with Crippen LogP contribution in [-0.4, -0.2) is 22.4 Å². The van der Waals surface area contributed by atoms with Crippen LogP contribution in [0.25, 0.3) is 11.0 Å². The van der Waals surface area contributed by atoms with Crippen molar-refractivity contribution in [2.75, 3.05) is 12.3 Å². The van der Waals surface area contributed by atoms with Gasteiger partial charge in [-0.05, 0) is 37.6 Å². The molecule has 0 saturated carbocycles. The molecule has 0 spiro atoms. The first kappa shape index (κ1) is 17.3. The van der Waals surface area contributed by atoms with Gasteiger partial charge in [0.2, 0.25) is 0 Å². The number of hydrogen-bond acceptors (Lipinski definition) is 3. The van der Waals surface area contributed by atoms with Crippen molar-refractivity contribution in [1.82, 2.24) is 4.57 Å². The molecule has 0 fully saturated rings. The highest BCUT2D eigenvalue weighted by atomic mass is 16.5. The Balaban J connectivity index is 1.75. The summed E-state index contributed by atoms with van der Waals surface area (Å²) in [4.78, 5) is 0. The minimum atomic E-state index is -0.644. The van der Waals surface area contributed by atoms with Crippen LogP contribution >= 0.6 is 0 Å². The maximum Gasteiger partial charge on any atom is 0.356 e. The Morgan fingerprint density at radius 1 is 1.16 bits per heavy atom. The average molecular weight is 340 g/mol. The number of aliphatic hydroxyl groups excluding tert-OH is 1. The standard InChI is InChI=1S/C20H25N3O2/c1-3-12-22-18-6-4-5-7-19(18)23(20(22)21)13-16(24)14-25-17-10-8-15(2)9-11-17/h4-11,16,21,24H,3,12-14H2,1-2H3/p+1. The third kappa shape index (κ3) is 3.77. The van der Waals surface area contributed by atoms with E-state index in [1.807, 2.05) is 54.0 Å². The van der Waals surface area contributed by atoms with E-state index in [-0.39, 0.29) is 6.61 Å². The van der Waals surface area contributed by atoms with Gasteiger partial charge in [0.05, 0.1) is 6.54 Å². The number of nitrogens with two attached hydrogens (primary N) is 1. The monoisotopic (exact) mass is 340 g/mol. The second kappa shape index (κ2) is 7.57. The van der Waals surface area contributed by atoms with Gasteiger partial charge >= 0.3 is 5.95 Å². The predicted molar refractivity (Wildman–Crippen MR) is 99.5 cm³/mol. The minimum Gasteiger partial charge on any atom is -0.491 e. The molecular formula is C20H26N3O2+. The van der Waals surface area contributed by atoms with E-state index >= 15 is 0 Å². The highest BCUT2D eigenvalue weighted by Gasteiger charge is 2.22. The fourth-order valence-corrected chi connectivity index (χ4v) is 3.05. The van der Waals surface area contributed by atoms with Gasteiger partial charge in [-0.1, -0.05) is 36.8 Å². The van der Waals surface area contributed by atoms with E-state index in [0.29, 0.717) is 12.5 Å². The number of nitrogen functional groups attached to an aromatic ring is 1. The molecule has 2 aromatic carbocycles. The van der Waals surface area contributed by atoms with E-state index in [1.165, 1.54) is 5.56 Å². The molecule has 5 heteroatoms. The van der Waals surface area contributed by atoms with E-state index in [0.717, 1.165) is 29.7 Å². The first-order valence-electron chi connectivity index (χ1n) is 8.74. The maximum absolute atomic E-state index is 10.4. The summed E-state index contributed by atoms with van der Waals surface area (Å²) in [6, 6.07) is 15.9. The van der Waals surface area contributed by atoms with Crippen LogP contribution in [0.15, 0.2) is 48.5 Å². The molecule has 1 unspecified atom stereocenters. The van der Waals surface area contributed by atoms with E-state index in [9.17, 15) is 5.11 Å². The number of imidazole rings is 1. The van der Waals surface area contributed by atoms with Gasteiger partial charge < -0.3 is 9.84 Å². The highest BCUT2D eigenvalue weighted by Crippen LogP contribution is 2.17. The van der Waals surface area contributed by atoms with Gasteiger partial charge in [-0.25, -0.2) is 9.13 Å². The summed E-state index contributed by atoms with van der Waals surface area (Å²) in [6.45, 7) is 5.64. The minimum absolute atomic E-state index is 0.225. The molecule has 1 atom stereocenters. The second-order valence-electron chi connectivity index (χ2n) is 6.39. The molecule has 1 heterocycles.